The Morgan fingerprint density at radius 3 is 2.83 bits per heavy atom. The Bertz CT molecular complexity index is 953. The Morgan fingerprint density at radius 1 is 1.31 bits per heavy atom. The highest BCUT2D eigenvalue weighted by atomic mass is 32.1. The lowest BCUT2D eigenvalue weighted by Crippen LogP contribution is -2.44. The van der Waals surface area contributed by atoms with Gasteiger partial charge in [-0.1, -0.05) is 13.8 Å². The topological polar surface area (TPSA) is 75.8 Å². The first kappa shape index (κ1) is 20.0. The third-order valence-corrected chi connectivity index (χ3v) is 5.57. The molecular weight excluding hydrogens is 390 g/mol. The van der Waals surface area contributed by atoms with Crippen LogP contribution in [0.3, 0.4) is 0 Å². The molecule has 0 radical (unpaired) electrons. The van der Waals surface area contributed by atoms with Crippen LogP contribution in [0, 0.1) is 5.92 Å². The SMILES string of the molecule is CC(C)CNC(=S)N(Cc1cc2cc3c(cc2[nH]c1=O)OCO3)CC1CCCO1. The van der Waals surface area contributed by atoms with E-state index in [1.807, 2.05) is 23.1 Å². The van der Waals surface area contributed by atoms with Gasteiger partial charge in [-0.2, -0.15) is 0 Å². The summed E-state index contributed by atoms with van der Waals surface area (Å²) >= 11 is 5.64. The predicted octanol–water partition coefficient (Wildman–Crippen LogP) is 2.77. The number of benzene rings is 1. The van der Waals surface area contributed by atoms with E-state index < -0.39 is 0 Å². The van der Waals surface area contributed by atoms with E-state index in [-0.39, 0.29) is 18.5 Å². The van der Waals surface area contributed by atoms with Crippen LogP contribution in [0.2, 0.25) is 0 Å². The second-order valence-electron chi connectivity index (χ2n) is 8.01. The van der Waals surface area contributed by atoms with Crippen molar-refractivity contribution in [3.05, 3.63) is 34.1 Å². The maximum atomic E-state index is 12.7. The maximum Gasteiger partial charge on any atom is 0.253 e. The summed E-state index contributed by atoms with van der Waals surface area (Å²) in [7, 11) is 0. The fourth-order valence-electron chi connectivity index (χ4n) is 3.62. The van der Waals surface area contributed by atoms with Crippen molar-refractivity contribution in [3.8, 4) is 11.5 Å². The van der Waals surface area contributed by atoms with Crippen LogP contribution in [0.1, 0.15) is 32.3 Å². The molecule has 7 nitrogen and oxygen atoms in total. The quantitative estimate of drug-likeness (QED) is 0.700. The van der Waals surface area contributed by atoms with Gasteiger partial charge in [0.2, 0.25) is 6.79 Å². The van der Waals surface area contributed by atoms with Gasteiger partial charge in [0.1, 0.15) is 0 Å². The molecular formula is C21H27N3O4S. The molecule has 1 atom stereocenters. The van der Waals surface area contributed by atoms with Gasteiger partial charge in [-0.05, 0) is 43.1 Å². The molecule has 0 amide bonds. The van der Waals surface area contributed by atoms with E-state index in [0.717, 1.165) is 36.9 Å². The van der Waals surface area contributed by atoms with Crippen LogP contribution < -0.4 is 20.3 Å². The molecule has 2 aliphatic rings. The molecule has 1 fully saturated rings. The molecule has 1 saturated heterocycles. The molecule has 8 heteroatoms. The fourth-order valence-corrected chi connectivity index (χ4v) is 3.84. The molecule has 1 unspecified atom stereocenters. The smallest absolute Gasteiger partial charge is 0.253 e. The van der Waals surface area contributed by atoms with Crippen LogP contribution in [-0.2, 0) is 11.3 Å². The molecule has 2 N–H and O–H groups in total. The van der Waals surface area contributed by atoms with Gasteiger partial charge in [-0.3, -0.25) is 4.79 Å². The number of pyridine rings is 1. The minimum Gasteiger partial charge on any atom is -0.454 e. The average Bonchev–Trinajstić information content (AvgIpc) is 3.35. The van der Waals surface area contributed by atoms with E-state index in [0.29, 0.717) is 41.2 Å². The minimum absolute atomic E-state index is 0.125. The summed E-state index contributed by atoms with van der Waals surface area (Å²) in [6, 6.07) is 5.61. The molecule has 2 aliphatic heterocycles. The van der Waals surface area contributed by atoms with Crippen molar-refractivity contribution in [1.82, 2.24) is 15.2 Å². The molecule has 0 bridgehead atoms. The Morgan fingerprint density at radius 2 is 2.10 bits per heavy atom. The second-order valence-corrected chi connectivity index (χ2v) is 8.40. The van der Waals surface area contributed by atoms with Crippen molar-refractivity contribution in [1.29, 1.82) is 0 Å². The van der Waals surface area contributed by atoms with E-state index in [2.05, 4.69) is 24.1 Å². The number of rotatable bonds is 6. The van der Waals surface area contributed by atoms with Gasteiger partial charge in [0.25, 0.3) is 5.56 Å². The first-order chi connectivity index (χ1) is 14.0. The number of nitrogens with one attached hydrogen (secondary N) is 2. The van der Waals surface area contributed by atoms with Crippen molar-refractivity contribution in [3.63, 3.8) is 0 Å². The fraction of sp³-hybridized carbons (Fsp3) is 0.524. The lowest BCUT2D eigenvalue weighted by molar-refractivity contribution is 0.0896. The lowest BCUT2D eigenvalue weighted by atomic mass is 10.1. The average molecular weight is 418 g/mol. The Balaban J connectivity index is 1.58. The molecule has 4 rings (SSSR count). The van der Waals surface area contributed by atoms with E-state index in [1.54, 1.807) is 0 Å². The van der Waals surface area contributed by atoms with Crippen molar-refractivity contribution in [2.75, 3.05) is 26.5 Å². The summed E-state index contributed by atoms with van der Waals surface area (Å²) in [5.74, 6) is 1.83. The highest BCUT2D eigenvalue weighted by molar-refractivity contribution is 7.80. The lowest BCUT2D eigenvalue weighted by Gasteiger charge is -2.28. The van der Waals surface area contributed by atoms with Gasteiger partial charge in [-0.25, -0.2) is 0 Å². The Labute approximate surface area is 175 Å². The number of aromatic nitrogens is 1. The molecule has 0 saturated carbocycles. The first-order valence-electron chi connectivity index (χ1n) is 10.1. The molecule has 3 heterocycles. The van der Waals surface area contributed by atoms with Crippen LogP contribution >= 0.6 is 12.2 Å². The molecule has 1 aromatic carbocycles. The van der Waals surface area contributed by atoms with Crippen LogP contribution in [0.25, 0.3) is 10.9 Å². The van der Waals surface area contributed by atoms with Crippen molar-refractivity contribution in [2.45, 2.75) is 39.3 Å². The molecule has 1 aromatic heterocycles. The van der Waals surface area contributed by atoms with E-state index in [4.69, 9.17) is 26.4 Å². The van der Waals surface area contributed by atoms with Gasteiger partial charge in [0.05, 0.1) is 18.2 Å². The summed E-state index contributed by atoms with van der Waals surface area (Å²) in [5, 5.41) is 4.88. The zero-order valence-corrected chi connectivity index (χ0v) is 17.6. The largest absolute Gasteiger partial charge is 0.454 e. The number of hydrogen-bond donors (Lipinski definition) is 2. The van der Waals surface area contributed by atoms with Crippen LogP contribution in [0.5, 0.6) is 11.5 Å². The minimum atomic E-state index is -0.125. The van der Waals surface area contributed by atoms with Crippen LogP contribution in [0.15, 0.2) is 23.0 Å². The van der Waals surface area contributed by atoms with Gasteiger partial charge in [0.15, 0.2) is 16.6 Å². The number of fused-ring (bicyclic) bond motifs is 2. The van der Waals surface area contributed by atoms with Crippen molar-refractivity contribution >= 4 is 28.2 Å². The third-order valence-electron chi connectivity index (χ3n) is 5.17. The van der Waals surface area contributed by atoms with Crippen LogP contribution in [-0.4, -0.2) is 47.6 Å². The summed E-state index contributed by atoms with van der Waals surface area (Å²) < 4.78 is 16.7. The van der Waals surface area contributed by atoms with E-state index in [9.17, 15) is 4.79 Å². The van der Waals surface area contributed by atoms with Crippen molar-refractivity contribution < 1.29 is 14.2 Å². The van der Waals surface area contributed by atoms with Gasteiger partial charge in [-0.15, -0.1) is 0 Å². The Kier molecular flexibility index (Phi) is 5.91. The summed E-state index contributed by atoms with van der Waals surface area (Å²) in [6.07, 6.45) is 2.22. The number of H-pyrrole nitrogens is 1. The molecule has 0 aliphatic carbocycles. The van der Waals surface area contributed by atoms with E-state index in [1.165, 1.54) is 0 Å². The van der Waals surface area contributed by atoms with E-state index >= 15 is 0 Å². The molecule has 29 heavy (non-hydrogen) atoms. The zero-order chi connectivity index (χ0) is 20.4. The summed E-state index contributed by atoms with van der Waals surface area (Å²) in [4.78, 5) is 17.7. The number of nitrogens with zero attached hydrogens (tertiary/aromatic N) is 1. The summed E-state index contributed by atoms with van der Waals surface area (Å²) in [5.41, 5.74) is 1.26. The number of hydrogen-bond acceptors (Lipinski definition) is 5. The van der Waals surface area contributed by atoms with Crippen molar-refractivity contribution in [2.24, 2.45) is 5.92 Å². The summed E-state index contributed by atoms with van der Waals surface area (Å²) in [6.45, 7) is 7.14. The highest BCUT2D eigenvalue weighted by Gasteiger charge is 2.22. The number of aromatic amines is 1. The number of ether oxygens (including phenoxy) is 3. The predicted molar refractivity (Wildman–Crippen MR) is 116 cm³/mol. The standard InChI is InChI=1S/C21H27N3O4S/c1-13(2)9-22-21(29)24(11-16-4-3-5-26-16)10-15-6-14-7-18-19(28-12-27-18)8-17(14)23-20(15)25/h6-8,13,16H,3-5,9-12H2,1-2H3,(H,22,29)(H,23,25). The second kappa shape index (κ2) is 8.59. The van der Waals surface area contributed by atoms with Gasteiger partial charge < -0.3 is 29.4 Å². The molecule has 0 spiro atoms. The molecule has 2 aromatic rings. The monoisotopic (exact) mass is 417 g/mol. The van der Waals surface area contributed by atoms with Gasteiger partial charge in [0, 0.05) is 36.7 Å². The maximum absolute atomic E-state index is 12.7. The number of thiocarbonyl (C=S) groups is 1. The normalized spacial score (nSPS) is 17.8. The zero-order valence-electron chi connectivity index (χ0n) is 16.8. The molecule has 156 valence electrons. The highest BCUT2D eigenvalue weighted by Crippen LogP contribution is 2.35. The van der Waals surface area contributed by atoms with Gasteiger partial charge >= 0.3 is 0 Å². The van der Waals surface area contributed by atoms with Crippen LogP contribution in [0.4, 0.5) is 0 Å². The first-order valence-corrected chi connectivity index (χ1v) is 10.5. The Hall–Kier alpha value is -2.32. The third kappa shape index (κ3) is 4.64.